The molecular weight excluding hydrogens is 462 g/mol. The lowest BCUT2D eigenvalue weighted by Gasteiger charge is -2.40. The van der Waals surface area contributed by atoms with Crippen molar-refractivity contribution in [3.05, 3.63) is 40.0 Å². The number of hydrogen-bond acceptors (Lipinski definition) is 8. The maximum absolute atomic E-state index is 13.6. The van der Waals surface area contributed by atoms with Crippen LogP contribution in [0.15, 0.2) is 23.5 Å². The van der Waals surface area contributed by atoms with E-state index in [-0.39, 0.29) is 11.3 Å². The van der Waals surface area contributed by atoms with Gasteiger partial charge in [-0.3, -0.25) is 9.79 Å². The zero-order valence-electron chi connectivity index (χ0n) is 20.1. The topological polar surface area (TPSA) is 88.9 Å². The molecule has 6 rings (SSSR count). The molecule has 4 heterocycles. The molecule has 9 heteroatoms. The van der Waals surface area contributed by atoms with E-state index in [9.17, 15) is 4.79 Å². The van der Waals surface area contributed by atoms with E-state index in [4.69, 9.17) is 9.47 Å². The number of carbonyl (C=O) groups is 1. The molecule has 8 nitrogen and oxygen atoms in total. The lowest BCUT2D eigenvalue weighted by atomic mass is 9.71. The third-order valence-electron chi connectivity index (χ3n) is 7.66. The van der Waals surface area contributed by atoms with Crippen molar-refractivity contribution in [3.63, 3.8) is 0 Å². The summed E-state index contributed by atoms with van der Waals surface area (Å²) in [4.78, 5) is 31.4. The first-order chi connectivity index (χ1) is 17.1. The molecule has 0 bridgehead atoms. The average Bonchev–Trinajstić information content (AvgIpc) is 3.51. The largest absolute Gasteiger partial charge is 0.495 e. The summed E-state index contributed by atoms with van der Waals surface area (Å²) in [5, 5.41) is 4.58. The van der Waals surface area contributed by atoms with Gasteiger partial charge < -0.3 is 19.7 Å². The Hall–Kier alpha value is -3.04. The van der Waals surface area contributed by atoms with Crippen LogP contribution in [0.1, 0.15) is 41.3 Å². The molecule has 1 saturated heterocycles. The van der Waals surface area contributed by atoms with Gasteiger partial charge in [0, 0.05) is 24.2 Å². The fourth-order valence-corrected chi connectivity index (χ4v) is 6.90. The summed E-state index contributed by atoms with van der Waals surface area (Å²) in [6.07, 6.45) is 6.79. The highest BCUT2D eigenvalue weighted by Gasteiger charge is 2.44. The third-order valence-corrected chi connectivity index (χ3v) is 8.80. The van der Waals surface area contributed by atoms with Crippen molar-refractivity contribution in [3.8, 4) is 5.75 Å². The lowest BCUT2D eigenvalue weighted by Crippen LogP contribution is -2.50. The van der Waals surface area contributed by atoms with E-state index in [1.54, 1.807) is 24.8 Å². The Balaban J connectivity index is 1.35. The number of aryl methyl sites for hydroxylation is 1. The number of aromatic nitrogens is 2. The zero-order valence-corrected chi connectivity index (χ0v) is 20.9. The number of rotatable bonds is 5. The van der Waals surface area contributed by atoms with Gasteiger partial charge in [-0.25, -0.2) is 9.97 Å². The number of thiophene rings is 1. The Bertz CT molecular complexity index is 1330. The van der Waals surface area contributed by atoms with Gasteiger partial charge in [-0.2, -0.15) is 0 Å². The van der Waals surface area contributed by atoms with Crippen LogP contribution < -0.4 is 10.1 Å². The van der Waals surface area contributed by atoms with E-state index in [0.717, 1.165) is 64.3 Å². The molecule has 0 saturated carbocycles. The number of nitrogens with zero attached hydrogens (tertiary/aromatic N) is 4. The molecule has 3 aromatic rings. The predicted molar refractivity (Wildman–Crippen MR) is 137 cm³/mol. The summed E-state index contributed by atoms with van der Waals surface area (Å²) in [6.45, 7) is 5.46. The second-order valence-electron chi connectivity index (χ2n) is 9.47. The molecule has 1 N–H and O–H groups in total. The molecule has 1 fully saturated rings. The van der Waals surface area contributed by atoms with Gasteiger partial charge >= 0.3 is 0 Å². The number of amides is 1. The molecule has 182 valence electrons. The standard InChI is InChI=1S/C26H29N5O3S/c1-3-26(25(32)31-6-8-34-9-7-31)5-4-18-21(12-26)35-24-22(18)23(28-15-29-24)30-19-10-16-13-27-14-17(16)11-20(19)33-2/h10-11,13,15H,3-9,12,14H2,1-2H3,(H,28,29,30)/t26-/m1/s1. The summed E-state index contributed by atoms with van der Waals surface area (Å²) in [7, 11) is 1.68. The first kappa shape index (κ1) is 22.4. The number of methoxy groups -OCH3 is 1. The van der Waals surface area contributed by atoms with Crippen molar-refractivity contribution in [1.29, 1.82) is 0 Å². The first-order valence-electron chi connectivity index (χ1n) is 12.2. The molecule has 2 aromatic heterocycles. The van der Waals surface area contributed by atoms with Crippen LogP contribution in [0.2, 0.25) is 0 Å². The van der Waals surface area contributed by atoms with Gasteiger partial charge in [0.2, 0.25) is 5.91 Å². The minimum Gasteiger partial charge on any atom is -0.495 e. The highest BCUT2D eigenvalue weighted by molar-refractivity contribution is 7.19. The maximum atomic E-state index is 13.6. The molecule has 1 atom stereocenters. The van der Waals surface area contributed by atoms with Crippen LogP contribution in [0, 0.1) is 5.41 Å². The highest BCUT2D eigenvalue weighted by Crippen LogP contribution is 2.47. The molecule has 0 spiro atoms. The summed E-state index contributed by atoms with van der Waals surface area (Å²) >= 11 is 1.70. The van der Waals surface area contributed by atoms with Crippen LogP contribution >= 0.6 is 11.3 Å². The summed E-state index contributed by atoms with van der Waals surface area (Å²) < 4.78 is 11.1. The SMILES string of the molecule is CC[C@@]1(C(=O)N2CCOCC2)CCc2c(sc3ncnc(Nc4cc5c(cc4OC)CN=C5)c23)C1. The number of fused-ring (bicyclic) bond motifs is 4. The average molecular weight is 492 g/mol. The number of anilines is 2. The number of hydrogen-bond donors (Lipinski definition) is 1. The fraction of sp³-hybridized carbons (Fsp3) is 0.462. The van der Waals surface area contributed by atoms with Gasteiger partial charge in [0.25, 0.3) is 0 Å². The van der Waals surface area contributed by atoms with Crippen LogP contribution in [0.5, 0.6) is 5.75 Å². The molecule has 1 amide bonds. The Morgan fingerprint density at radius 3 is 2.94 bits per heavy atom. The van der Waals surface area contributed by atoms with E-state index in [0.29, 0.717) is 32.8 Å². The number of ether oxygens (including phenoxy) is 2. The highest BCUT2D eigenvalue weighted by atomic mass is 32.1. The maximum Gasteiger partial charge on any atom is 0.229 e. The molecule has 35 heavy (non-hydrogen) atoms. The van der Waals surface area contributed by atoms with E-state index in [1.165, 1.54) is 10.4 Å². The molecule has 0 radical (unpaired) electrons. The molecule has 0 unspecified atom stereocenters. The van der Waals surface area contributed by atoms with Crippen molar-refractivity contribution in [2.24, 2.45) is 10.4 Å². The number of aliphatic imine (C=N–C) groups is 1. The first-order valence-corrected chi connectivity index (χ1v) is 13.0. The number of carbonyl (C=O) groups excluding carboxylic acids is 1. The normalized spacial score (nSPS) is 21.1. The Morgan fingerprint density at radius 1 is 1.29 bits per heavy atom. The van der Waals surface area contributed by atoms with Gasteiger partial charge in [-0.1, -0.05) is 6.92 Å². The fourth-order valence-electron chi connectivity index (χ4n) is 5.57. The monoisotopic (exact) mass is 491 g/mol. The van der Waals surface area contributed by atoms with Crippen molar-refractivity contribution in [1.82, 2.24) is 14.9 Å². The van der Waals surface area contributed by atoms with Crippen LogP contribution in [0.4, 0.5) is 11.5 Å². The quantitative estimate of drug-likeness (QED) is 0.578. The molecule has 1 aliphatic carbocycles. The summed E-state index contributed by atoms with van der Waals surface area (Å²) in [5.74, 6) is 1.83. The second kappa shape index (κ2) is 8.87. The molecule has 3 aliphatic rings. The van der Waals surface area contributed by atoms with Crippen LogP contribution in [-0.4, -0.2) is 60.4 Å². The number of morpholine rings is 1. The van der Waals surface area contributed by atoms with Crippen LogP contribution in [0.3, 0.4) is 0 Å². The van der Waals surface area contributed by atoms with Crippen molar-refractivity contribution < 1.29 is 14.3 Å². The van der Waals surface area contributed by atoms with Crippen LogP contribution in [-0.2, 0) is 28.9 Å². The predicted octanol–water partition coefficient (Wildman–Crippen LogP) is 4.12. The van der Waals surface area contributed by atoms with Gasteiger partial charge in [0.1, 0.15) is 22.7 Å². The minimum absolute atomic E-state index is 0.278. The molecule has 2 aliphatic heterocycles. The van der Waals surface area contributed by atoms with Gasteiger partial charge in [0.15, 0.2) is 0 Å². The number of nitrogens with one attached hydrogen (secondary N) is 1. The Labute approximate surface area is 208 Å². The van der Waals surface area contributed by atoms with Gasteiger partial charge in [-0.15, -0.1) is 11.3 Å². The van der Waals surface area contributed by atoms with E-state index >= 15 is 0 Å². The molecular formula is C26H29N5O3S. The molecule has 1 aromatic carbocycles. The Kier molecular flexibility index (Phi) is 5.69. The third kappa shape index (κ3) is 3.77. The van der Waals surface area contributed by atoms with Crippen molar-refractivity contribution >= 4 is 45.2 Å². The van der Waals surface area contributed by atoms with E-state index in [2.05, 4.69) is 33.3 Å². The van der Waals surface area contributed by atoms with Crippen molar-refractivity contribution in [2.75, 3.05) is 38.7 Å². The number of benzene rings is 1. The Morgan fingerprint density at radius 2 is 2.14 bits per heavy atom. The summed E-state index contributed by atoms with van der Waals surface area (Å²) in [5.41, 5.74) is 4.04. The van der Waals surface area contributed by atoms with Crippen molar-refractivity contribution in [2.45, 2.75) is 39.2 Å². The minimum atomic E-state index is -0.352. The zero-order chi connectivity index (χ0) is 24.0. The summed E-state index contributed by atoms with van der Waals surface area (Å²) in [6, 6.07) is 4.11. The van der Waals surface area contributed by atoms with Crippen LogP contribution in [0.25, 0.3) is 10.2 Å². The van der Waals surface area contributed by atoms with E-state index < -0.39 is 0 Å². The lowest BCUT2D eigenvalue weighted by molar-refractivity contribution is -0.147. The second-order valence-corrected chi connectivity index (χ2v) is 10.6. The van der Waals surface area contributed by atoms with Gasteiger partial charge in [-0.05, 0) is 54.5 Å². The van der Waals surface area contributed by atoms with E-state index in [1.807, 2.05) is 17.2 Å². The smallest absolute Gasteiger partial charge is 0.229 e. The van der Waals surface area contributed by atoms with Gasteiger partial charge in [0.05, 0.1) is 43.4 Å².